The van der Waals surface area contributed by atoms with E-state index in [-0.39, 0.29) is 27.4 Å². The van der Waals surface area contributed by atoms with Gasteiger partial charge in [0.2, 0.25) is 15.9 Å². The van der Waals surface area contributed by atoms with Gasteiger partial charge in [-0.3, -0.25) is 4.79 Å². The van der Waals surface area contributed by atoms with Gasteiger partial charge in [0.15, 0.2) is 5.69 Å². The Morgan fingerprint density at radius 2 is 1.87 bits per heavy atom. The number of amides is 1. The minimum absolute atomic E-state index is 0.0162. The van der Waals surface area contributed by atoms with E-state index in [1.54, 1.807) is 0 Å². The molecule has 1 saturated heterocycles. The van der Waals surface area contributed by atoms with Crippen LogP contribution in [0.1, 0.15) is 29.6 Å². The highest BCUT2D eigenvalue weighted by Crippen LogP contribution is 2.36. The van der Waals surface area contributed by atoms with Gasteiger partial charge in [-0.15, -0.1) is 10.2 Å². The SMILES string of the molecule is O=C(N=Nc1c(O)[nH]c2ccc(F)cc12)c1cccc(S(=O)(=O)N2CCCCC2)c1. The topological polar surface area (TPSA) is 115 Å². The van der Waals surface area contributed by atoms with E-state index in [9.17, 15) is 22.7 Å². The van der Waals surface area contributed by atoms with Crippen LogP contribution in [0.2, 0.25) is 0 Å². The Labute approximate surface area is 172 Å². The largest absolute Gasteiger partial charge is 0.493 e. The monoisotopic (exact) mass is 430 g/mol. The first-order chi connectivity index (χ1) is 14.4. The van der Waals surface area contributed by atoms with Crippen LogP contribution in [0.25, 0.3) is 10.9 Å². The van der Waals surface area contributed by atoms with E-state index in [2.05, 4.69) is 15.2 Å². The zero-order valence-electron chi connectivity index (χ0n) is 15.9. The van der Waals surface area contributed by atoms with Gasteiger partial charge in [0.1, 0.15) is 5.82 Å². The number of azo groups is 1. The molecule has 1 fully saturated rings. The van der Waals surface area contributed by atoms with Crippen molar-refractivity contribution in [3.05, 3.63) is 53.8 Å². The third-order valence-corrected chi connectivity index (χ3v) is 6.88. The van der Waals surface area contributed by atoms with Gasteiger partial charge in [-0.25, -0.2) is 12.8 Å². The molecule has 2 aromatic carbocycles. The van der Waals surface area contributed by atoms with Gasteiger partial charge < -0.3 is 10.1 Å². The molecule has 1 aliphatic heterocycles. The van der Waals surface area contributed by atoms with E-state index in [1.807, 2.05) is 0 Å². The van der Waals surface area contributed by atoms with Gasteiger partial charge >= 0.3 is 0 Å². The second-order valence-corrected chi connectivity index (χ2v) is 8.95. The summed E-state index contributed by atoms with van der Waals surface area (Å²) in [5.41, 5.74) is 0.405. The highest BCUT2D eigenvalue weighted by molar-refractivity contribution is 7.89. The Balaban J connectivity index is 1.61. The van der Waals surface area contributed by atoms with E-state index in [0.717, 1.165) is 25.3 Å². The molecule has 30 heavy (non-hydrogen) atoms. The van der Waals surface area contributed by atoms with Crippen molar-refractivity contribution in [3.8, 4) is 5.88 Å². The lowest BCUT2D eigenvalue weighted by atomic mass is 10.2. The molecule has 4 rings (SSSR count). The highest BCUT2D eigenvalue weighted by atomic mass is 32.2. The number of piperidine rings is 1. The summed E-state index contributed by atoms with van der Waals surface area (Å²) in [6.07, 6.45) is 2.61. The maximum absolute atomic E-state index is 13.5. The molecule has 0 atom stereocenters. The Morgan fingerprint density at radius 1 is 1.10 bits per heavy atom. The lowest BCUT2D eigenvalue weighted by Gasteiger charge is -2.25. The molecular weight excluding hydrogens is 411 g/mol. The van der Waals surface area contributed by atoms with Crippen LogP contribution in [0.3, 0.4) is 0 Å². The van der Waals surface area contributed by atoms with E-state index in [1.165, 1.54) is 40.7 Å². The number of carbonyl (C=O) groups excluding carboxylic acids is 1. The minimum Gasteiger partial charge on any atom is -0.493 e. The van der Waals surface area contributed by atoms with E-state index in [0.29, 0.717) is 18.6 Å². The standard InChI is InChI=1S/C20H19FN4O4S/c21-14-7-8-17-16(12-14)18(20(27)22-17)23-24-19(26)13-5-4-6-15(11-13)30(28,29)25-9-2-1-3-10-25/h4-8,11-12,22,27H,1-3,9-10H2. The predicted molar refractivity (Wildman–Crippen MR) is 108 cm³/mol. The summed E-state index contributed by atoms with van der Waals surface area (Å²) in [7, 11) is -3.69. The van der Waals surface area contributed by atoms with Crippen molar-refractivity contribution in [2.75, 3.05) is 13.1 Å². The summed E-state index contributed by atoms with van der Waals surface area (Å²) < 4.78 is 40.6. The molecule has 0 radical (unpaired) electrons. The predicted octanol–water partition coefficient (Wildman–Crippen LogP) is 4.11. The highest BCUT2D eigenvalue weighted by Gasteiger charge is 2.26. The first-order valence-corrected chi connectivity index (χ1v) is 10.9. The number of sulfonamides is 1. The fourth-order valence-electron chi connectivity index (χ4n) is 3.43. The molecule has 0 aliphatic carbocycles. The molecule has 2 N–H and O–H groups in total. The number of hydrogen-bond donors (Lipinski definition) is 2. The van der Waals surface area contributed by atoms with Crippen LogP contribution < -0.4 is 0 Å². The smallest absolute Gasteiger partial charge is 0.295 e. The molecule has 1 aliphatic rings. The van der Waals surface area contributed by atoms with E-state index < -0.39 is 21.7 Å². The first kappa shape index (κ1) is 20.2. The first-order valence-electron chi connectivity index (χ1n) is 9.43. The Bertz CT molecular complexity index is 1250. The van der Waals surface area contributed by atoms with Crippen molar-refractivity contribution < 1.29 is 22.7 Å². The van der Waals surface area contributed by atoms with Crippen molar-refractivity contribution in [3.63, 3.8) is 0 Å². The van der Waals surface area contributed by atoms with Crippen LogP contribution >= 0.6 is 0 Å². The Morgan fingerprint density at radius 3 is 2.63 bits per heavy atom. The van der Waals surface area contributed by atoms with Crippen molar-refractivity contribution in [1.29, 1.82) is 0 Å². The summed E-state index contributed by atoms with van der Waals surface area (Å²) in [6.45, 7) is 0.910. The number of halogens is 1. The van der Waals surface area contributed by atoms with Crippen LogP contribution in [-0.2, 0) is 10.0 Å². The molecule has 10 heteroatoms. The van der Waals surface area contributed by atoms with Gasteiger partial charge in [-0.2, -0.15) is 4.31 Å². The quantitative estimate of drug-likeness (QED) is 0.606. The minimum atomic E-state index is -3.69. The number of aromatic hydroxyl groups is 1. The molecule has 8 nitrogen and oxygen atoms in total. The normalized spacial score (nSPS) is 15.8. The molecule has 0 bridgehead atoms. The number of hydrogen-bond acceptors (Lipinski definition) is 5. The van der Waals surface area contributed by atoms with Crippen LogP contribution in [0.15, 0.2) is 57.6 Å². The van der Waals surface area contributed by atoms with Gasteiger partial charge in [0.05, 0.1) is 10.4 Å². The second-order valence-electron chi connectivity index (χ2n) is 7.01. The molecule has 2 heterocycles. The summed E-state index contributed by atoms with van der Waals surface area (Å²) in [6, 6.07) is 9.42. The number of nitrogens with zero attached hydrogens (tertiary/aromatic N) is 3. The number of nitrogens with one attached hydrogen (secondary N) is 1. The molecular formula is C20H19FN4O4S. The number of benzene rings is 2. The van der Waals surface area contributed by atoms with Crippen molar-refractivity contribution in [1.82, 2.24) is 9.29 Å². The molecule has 0 unspecified atom stereocenters. The molecule has 156 valence electrons. The number of fused-ring (bicyclic) bond motifs is 1. The zero-order valence-corrected chi connectivity index (χ0v) is 16.7. The third-order valence-electron chi connectivity index (χ3n) is 4.99. The summed E-state index contributed by atoms with van der Waals surface area (Å²) >= 11 is 0. The molecule has 0 spiro atoms. The van der Waals surface area contributed by atoms with Crippen LogP contribution in [0.5, 0.6) is 5.88 Å². The van der Waals surface area contributed by atoms with E-state index in [4.69, 9.17) is 0 Å². The maximum Gasteiger partial charge on any atom is 0.295 e. The molecule has 3 aromatic rings. The number of aromatic nitrogens is 1. The van der Waals surface area contributed by atoms with Crippen LogP contribution in [0.4, 0.5) is 10.1 Å². The Hall–Kier alpha value is -3.11. The number of H-pyrrole nitrogens is 1. The van der Waals surface area contributed by atoms with Crippen LogP contribution in [-0.4, -0.2) is 41.8 Å². The lowest BCUT2D eigenvalue weighted by molar-refractivity contribution is 0.0995. The van der Waals surface area contributed by atoms with Crippen LogP contribution in [0, 0.1) is 5.82 Å². The lowest BCUT2D eigenvalue weighted by Crippen LogP contribution is -2.35. The fourth-order valence-corrected chi connectivity index (χ4v) is 5.00. The molecule has 1 amide bonds. The van der Waals surface area contributed by atoms with Gasteiger partial charge in [-0.1, -0.05) is 12.5 Å². The summed E-state index contributed by atoms with van der Waals surface area (Å²) in [5, 5.41) is 17.6. The number of rotatable bonds is 4. The third kappa shape index (κ3) is 3.83. The second kappa shape index (κ2) is 7.96. The van der Waals surface area contributed by atoms with Crippen molar-refractivity contribution >= 4 is 32.5 Å². The van der Waals surface area contributed by atoms with Crippen molar-refractivity contribution in [2.24, 2.45) is 10.2 Å². The Kier molecular flexibility index (Phi) is 5.35. The van der Waals surface area contributed by atoms with E-state index >= 15 is 0 Å². The summed E-state index contributed by atoms with van der Waals surface area (Å²) in [4.78, 5) is 15.1. The average molecular weight is 430 g/mol. The number of carbonyl (C=O) groups is 1. The van der Waals surface area contributed by atoms with Crippen molar-refractivity contribution in [2.45, 2.75) is 24.2 Å². The van der Waals surface area contributed by atoms with Gasteiger partial charge in [-0.05, 0) is 49.2 Å². The average Bonchev–Trinajstić information content (AvgIpc) is 3.07. The molecule has 0 saturated carbocycles. The molecule has 1 aromatic heterocycles. The van der Waals surface area contributed by atoms with Gasteiger partial charge in [0.25, 0.3) is 5.91 Å². The number of aromatic amines is 1. The fraction of sp³-hybridized carbons (Fsp3) is 0.250. The summed E-state index contributed by atoms with van der Waals surface area (Å²) in [5.74, 6) is -1.66. The maximum atomic E-state index is 13.5. The zero-order chi connectivity index (χ0) is 21.3. The van der Waals surface area contributed by atoms with Gasteiger partial charge in [0, 0.05) is 24.0 Å².